The Morgan fingerprint density at radius 3 is 2.75 bits per heavy atom. The normalized spacial score (nSPS) is 31.2. The molecule has 0 bridgehead atoms. The number of rotatable bonds is 6. The molecule has 0 aromatic carbocycles. The number of carbonyl (C=O) groups excluding carboxylic acids is 1. The van der Waals surface area contributed by atoms with Crippen LogP contribution in [0.25, 0.3) is 0 Å². The van der Waals surface area contributed by atoms with Gasteiger partial charge in [-0.1, -0.05) is 12.5 Å². The molecule has 1 rings (SSSR count). The number of aliphatic hydroxyl groups excluding tert-OH is 2. The van der Waals surface area contributed by atoms with Crippen molar-refractivity contribution >= 4 is 5.97 Å². The molecule has 4 atom stereocenters. The van der Waals surface area contributed by atoms with E-state index in [1.165, 1.54) is 0 Å². The highest BCUT2D eigenvalue weighted by atomic mass is 16.6. The SMILES string of the molecule is C=CCCCCC(O)[C@@H]1C(=O)O[C@@H](C)[C@H]1O. The standard InChI is InChI=1S/C12H20O4/c1-3-4-5-6-7-9(13)10-11(14)8(2)16-12(10)15/h3,8-11,13-14H,1,4-7H2,2H3/t8-,9?,10-,11+/m0/s1. The lowest BCUT2D eigenvalue weighted by Gasteiger charge is -2.18. The fourth-order valence-corrected chi connectivity index (χ4v) is 1.97. The maximum atomic E-state index is 11.4. The van der Waals surface area contributed by atoms with Gasteiger partial charge < -0.3 is 14.9 Å². The summed E-state index contributed by atoms with van der Waals surface area (Å²) in [6.45, 7) is 5.24. The summed E-state index contributed by atoms with van der Waals surface area (Å²) in [5.74, 6) is -1.27. The van der Waals surface area contributed by atoms with Crippen LogP contribution in [0.4, 0.5) is 0 Å². The number of esters is 1. The van der Waals surface area contributed by atoms with Crippen LogP contribution in [0, 0.1) is 5.92 Å². The van der Waals surface area contributed by atoms with Gasteiger partial charge in [-0.15, -0.1) is 6.58 Å². The van der Waals surface area contributed by atoms with Crippen molar-refractivity contribution in [2.45, 2.75) is 50.9 Å². The lowest BCUT2D eigenvalue weighted by molar-refractivity contribution is -0.146. The topological polar surface area (TPSA) is 66.8 Å². The van der Waals surface area contributed by atoms with Gasteiger partial charge in [0.25, 0.3) is 0 Å². The van der Waals surface area contributed by atoms with E-state index in [9.17, 15) is 15.0 Å². The summed E-state index contributed by atoms with van der Waals surface area (Å²) in [6, 6.07) is 0. The lowest BCUT2D eigenvalue weighted by atomic mass is 9.92. The third-order valence-electron chi connectivity index (χ3n) is 3.00. The van der Waals surface area contributed by atoms with Crippen LogP contribution in [0.15, 0.2) is 12.7 Å². The fourth-order valence-electron chi connectivity index (χ4n) is 1.97. The van der Waals surface area contributed by atoms with Crippen molar-refractivity contribution in [1.29, 1.82) is 0 Å². The van der Waals surface area contributed by atoms with Gasteiger partial charge in [0.2, 0.25) is 0 Å². The van der Waals surface area contributed by atoms with Crippen molar-refractivity contribution in [3.63, 3.8) is 0 Å². The number of carbonyl (C=O) groups is 1. The van der Waals surface area contributed by atoms with Crippen molar-refractivity contribution in [2.24, 2.45) is 5.92 Å². The molecule has 0 aromatic heterocycles. The van der Waals surface area contributed by atoms with Gasteiger partial charge in [-0.05, 0) is 26.2 Å². The highest BCUT2D eigenvalue weighted by molar-refractivity contribution is 5.76. The second-order valence-electron chi connectivity index (χ2n) is 4.30. The molecular weight excluding hydrogens is 208 g/mol. The second kappa shape index (κ2) is 6.01. The Bertz CT molecular complexity index is 251. The van der Waals surface area contributed by atoms with Crippen LogP contribution in [0.1, 0.15) is 32.6 Å². The van der Waals surface area contributed by atoms with E-state index in [-0.39, 0.29) is 0 Å². The van der Waals surface area contributed by atoms with Crippen molar-refractivity contribution in [3.05, 3.63) is 12.7 Å². The largest absolute Gasteiger partial charge is 0.460 e. The summed E-state index contributed by atoms with van der Waals surface area (Å²) in [5, 5.41) is 19.5. The van der Waals surface area contributed by atoms with E-state index in [4.69, 9.17) is 4.74 Å². The summed E-state index contributed by atoms with van der Waals surface area (Å²) in [7, 11) is 0. The number of unbranched alkanes of at least 4 members (excludes halogenated alkanes) is 2. The van der Waals surface area contributed by atoms with Gasteiger partial charge in [-0.25, -0.2) is 0 Å². The summed E-state index contributed by atoms with van der Waals surface area (Å²) in [4.78, 5) is 11.4. The van der Waals surface area contributed by atoms with Gasteiger partial charge in [-0.3, -0.25) is 4.79 Å². The highest BCUT2D eigenvalue weighted by Crippen LogP contribution is 2.27. The average molecular weight is 228 g/mol. The van der Waals surface area contributed by atoms with Gasteiger partial charge in [0, 0.05) is 0 Å². The van der Waals surface area contributed by atoms with Crippen LogP contribution >= 0.6 is 0 Å². The summed E-state index contributed by atoms with van der Waals surface area (Å²) in [6.07, 6.45) is 2.79. The Labute approximate surface area is 95.9 Å². The van der Waals surface area contributed by atoms with Crippen molar-refractivity contribution in [1.82, 2.24) is 0 Å². The molecule has 16 heavy (non-hydrogen) atoms. The first kappa shape index (κ1) is 13.2. The Morgan fingerprint density at radius 2 is 2.25 bits per heavy atom. The summed E-state index contributed by atoms with van der Waals surface area (Å²) in [5.41, 5.74) is 0. The molecule has 0 saturated carbocycles. The first-order valence-electron chi connectivity index (χ1n) is 5.75. The summed E-state index contributed by atoms with van der Waals surface area (Å²) >= 11 is 0. The molecule has 1 unspecified atom stereocenters. The third-order valence-corrected chi connectivity index (χ3v) is 3.00. The zero-order valence-electron chi connectivity index (χ0n) is 9.63. The van der Waals surface area contributed by atoms with E-state index in [2.05, 4.69) is 6.58 Å². The Balaban J connectivity index is 2.38. The van der Waals surface area contributed by atoms with Gasteiger partial charge >= 0.3 is 5.97 Å². The quantitative estimate of drug-likeness (QED) is 0.404. The van der Waals surface area contributed by atoms with E-state index >= 15 is 0 Å². The molecule has 4 nitrogen and oxygen atoms in total. The molecule has 0 aliphatic carbocycles. The third kappa shape index (κ3) is 3.06. The number of allylic oxidation sites excluding steroid dienone is 1. The maximum Gasteiger partial charge on any atom is 0.314 e. The van der Waals surface area contributed by atoms with Gasteiger partial charge in [-0.2, -0.15) is 0 Å². The van der Waals surface area contributed by atoms with Crippen LogP contribution in [0.2, 0.25) is 0 Å². The first-order valence-corrected chi connectivity index (χ1v) is 5.75. The first-order chi connectivity index (χ1) is 7.57. The number of ether oxygens (including phenoxy) is 1. The van der Waals surface area contributed by atoms with Gasteiger partial charge in [0.15, 0.2) is 0 Å². The minimum Gasteiger partial charge on any atom is -0.460 e. The van der Waals surface area contributed by atoms with Gasteiger partial charge in [0.05, 0.1) is 6.10 Å². The van der Waals surface area contributed by atoms with E-state index < -0.39 is 30.2 Å². The fraction of sp³-hybridized carbons (Fsp3) is 0.750. The predicted octanol–water partition coefficient (Wildman–Crippen LogP) is 1.02. The molecule has 0 spiro atoms. The Kier molecular flexibility index (Phi) is 4.96. The molecule has 0 amide bonds. The molecular formula is C12H20O4. The van der Waals surface area contributed by atoms with Gasteiger partial charge in [0.1, 0.15) is 18.1 Å². The van der Waals surface area contributed by atoms with E-state index in [0.29, 0.717) is 6.42 Å². The zero-order valence-corrected chi connectivity index (χ0v) is 9.63. The lowest BCUT2D eigenvalue weighted by Crippen LogP contribution is -2.34. The molecule has 1 heterocycles. The Hall–Kier alpha value is -0.870. The molecule has 1 fully saturated rings. The summed E-state index contributed by atoms with van der Waals surface area (Å²) < 4.78 is 4.87. The van der Waals surface area contributed by atoms with E-state index in [0.717, 1.165) is 19.3 Å². The number of aliphatic hydroxyl groups is 2. The minimum absolute atomic E-state index is 0.490. The monoisotopic (exact) mass is 228 g/mol. The highest BCUT2D eigenvalue weighted by Gasteiger charge is 2.45. The number of hydrogen-bond acceptors (Lipinski definition) is 4. The molecule has 1 aliphatic heterocycles. The average Bonchev–Trinajstić information content (AvgIpc) is 2.48. The van der Waals surface area contributed by atoms with Crippen LogP contribution in [-0.2, 0) is 9.53 Å². The molecule has 1 saturated heterocycles. The molecule has 4 heteroatoms. The van der Waals surface area contributed by atoms with Crippen LogP contribution in [-0.4, -0.2) is 34.5 Å². The smallest absolute Gasteiger partial charge is 0.314 e. The van der Waals surface area contributed by atoms with Crippen LogP contribution < -0.4 is 0 Å². The number of hydrogen-bond donors (Lipinski definition) is 2. The minimum atomic E-state index is -0.887. The van der Waals surface area contributed by atoms with Crippen LogP contribution in [0.3, 0.4) is 0 Å². The Morgan fingerprint density at radius 1 is 1.56 bits per heavy atom. The second-order valence-corrected chi connectivity index (χ2v) is 4.30. The van der Waals surface area contributed by atoms with Crippen molar-refractivity contribution in [3.8, 4) is 0 Å². The van der Waals surface area contributed by atoms with Crippen molar-refractivity contribution < 1.29 is 19.7 Å². The zero-order chi connectivity index (χ0) is 12.1. The predicted molar refractivity (Wildman–Crippen MR) is 59.7 cm³/mol. The molecule has 2 N–H and O–H groups in total. The molecule has 0 radical (unpaired) electrons. The van der Waals surface area contributed by atoms with E-state index in [1.807, 2.05) is 6.08 Å². The van der Waals surface area contributed by atoms with E-state index in [1.54, 1.807) is 6.92 Å². The molecule has 92 valence electrons. The molecule has 1 aliphatic rings. The maximum absolute atomic E-state index is 11.4. The molecule has 0 aromatic rings. The number of cyclic esters (lactones) is 1. The van der Waals surface area contributed by atoms with Crippen LogP contribution in [0.5, 0.6) is 0 Å². The van der Waals surface area contributed by atoms with Crippen molar-refractivity contribution in [2.75, 3.05) is 0 Å².